The van der Waals surface area contributed by atoms with Crippen molar-refractivity contribution in [1.29, 1.82) is 0 Å². The van der Waals surface area contributed by atoms with Crippen molar-refractivity contribution in [3.8, 4) is 11.5 Å². The summed E-state index contributed by atoms with van der Waals surface area (Å²) in [6.45, 7) is 4.67. The molecular formula is C33H46N4O10S. The van der Waals surface area contributed by atoms with Crippen LogP contribution in [0.4, 0.5) is 4.79 Å². The van der Waals surface area contributed by atoms with E-state index in [1.165, 1.54) is 22.5 Å². The van der Waals surface area contributed by atoms with Crippen molar-refractivity contribution in [2.24, 2.45) is 11.3 Å². The van der Waals surface area contributed by atoms with Gasteiger partial charge in [0.1, 0.15) is 6.10 Å². The Morgan fingerprint density at radius 2 is 1.88 bits per heavy atom. The molecule has 0 aromatic heterocycles. The summed E-state index contributed by atoms with van der Waals surface area (Å²) in [4.78, 5) is 25.2. The maximum atomic E-state index is 14.3. The molecule has 5 rings (SSSR count). The topological polar surface area (TPSA) is 174 Å². The highest BCUT2D eigenvalue weighted by atomic mass is 32.2. The molecule has 0 spiro atoms. The minimum atomic E-state index is -4.20. The van der Waals surface area contributed by atoms with E-state index in [9.17, 15) is 23.1 Å². The number of rotatable bonds is 16. The first kappa shape index (κ1) is 35.8. The molecule has 3 aliphatic heterocycles. The Balaban J connectivity index is 1.36. The number of hydrogen-bond acceptors (Lipinski definition) is 11. The molecule has 15 heteroatoms. The molecule has 4 N–H and O–H groups in total. The van der Waals surface area contributed by atoms with Gasteiger partial charge in [-0.25, -0.2) is 13.2 Å². The second-order valence-electron chi connectivity index (χ2n) is 13.1. The zero-order chi connectivity index (χ0) is 34.3. The van der Waals surface area contributed by atoms with Gasteiger partial charge in [-0.3, -0.25) is 4.79 Å². The molecule has 0 bridgehead atoms. The molecule has 2 aromatic rings. The van der Waals surface area contributed by atoms with E-state index in [1.54, 1.807) is 7.05 Å². The van der Waals surface area contributed by atoms with Crippen LogP contribution in [0.1, 0.15) is 32.3 Å². The van der Waals surface area contributed by atoms with Crippen LogP contribution in [0, 0.1) is 11.3 Å². The van der Waals surface area contributed by atoms with Crippen LogP contribution in [0.15, 0.2) is 53.4 Å². The molecular weight excluding hydrogens is 644 g/mol. The van der Waals surface area contributed by atoms with Crippen molar-refractivity contribution in [2.75, 3.05) is 53.2 Å². The summed E-state index contributed by atoms with van der Waals surface area (Å²) in [6, 6.07) is 12.8. The van der Waals surface area contributed by atoms with E-state index in [1.807, 2.05) is 44.2 Å². The number of ether oxygens (including phenoxy) is 5. The number of likely N-dealkylation sites (N-methyl/N-ethyl adjacent to an activating group) is 1. The van der Waals surface area contributed by atoms with Crippen molar-refractivity contribution in [1.82, 2.24) is 20.3 Å². The van der Waals surface area contributed by atoms with Gasteiger partial charge in [0.05, 0.1) is 42.7 Å². The monoisotopic (exact) mass is 690 g/mol. The van der Waals surface area contributed by atoms with Crippen LogP contribution < -0.4 is 25.4 Å². The van der Waals surface area contributed by atoms with E-state index in [0.29, 0.717) is 37.5 Å². The summed E-state index contributed by atoms with van der Waals surface area (Å²) in [7, 11) is -2.52. The highest BCUT2D eigenvalue weighted by molar-refractivity contribution is 7.89. The average molecular weight is 691 g/mol. The van der Waals surface area contributed by atoms with Gasteiger partial charge in [-0.2, -0.15) is 4.31 Å². The van der Waals surface area contributed by atoms with Gasteiger partial charge in [0, 0.05) is 25.7 Å². The van der Waals surface area contributed by atoms with Gasteiger partial charge in [0.2, 0.25) is 22.7 Å². The lowest BCUT2D eigenvalue weighted by molar-refractivity contribution is -0.120. The summed E-state index contributed by atoms with van der Waals surface area (Å²) in [5.74, 6) is 0.503. The molecule has 0 radical (unpaired) electrons. The maximum Gasteiger partial charge on any atom is 0.407 e. The zero-order valence-electron chi connectivity index (χ0n) is 27.6. The zero-order valence-corrected chi connectivity index (χ0v) is 28.4. The van der Waals surface area contributed by atoms with Crippen molar-refractivity contribution >= 4 is 22.0 Å². The van der Waals surface area contributed by atoms with Gasteiger partial charge in [0.15, 0.2) is 17.8 Å². The fourth-order valence-electron chi connectivity index (χ4n) is 6.11. The molecule has 0 aliphatic carbocycles. The first-order chi connectivity index (χ1) is 22.9. The number of benzene rings is 2. The lowest BCUT2D eigenvalue weighted by Gasteiger charge is -2.35. The minimum absolute atomic E-state index is 0.00766. The number of hydrogen-bond donors (Lipinski definition) is 4. The normalized spacial score (nSPS) is 21.5. The highest BCUT2D eigenvalue weighted by Crippen LogP contribution is 2.36. The SMILES string of the molecule is CNCC(=O)NCCC(C)(C)CN(C[C@@H](O)[C@H](Cc1ccccc1)NC(=O)O[C@H]1CO[C@H]2OCC[C@H]21)S(=O)(=O)c1ccc2c(c1)OCO2. The fraction of sp³-hybridized carbons (Fsp3) is 0.576. The molecule has 2 aromatic carbocycles. The van der Waals surface area contributed by atoms with Crippen LogP contribution >= 0.6 is 0 Å². The predicted molar refractivity (Wildman–Crippen MR) is 174 cm³/mol. The molecule has 2 fully saturated rings. The van der Waals surface area contributed by atoms with Crippen LogP contribution in [0.25, 0.3) is 0 Å². The van der Waals surface area contributed by atoms with Crippen LogP contribution in [0.5, 0.6) is 11.5 Å². The van der Waals surface area contributed by atoms with Crippen LogP contribution in [0.3, 0.4) is 0 Å². The standard InChI is InChI=1S/C33H46N4O10S/c1-33(2,12-13-35-30(39)17-34-3)20-37(48(41,42)23-9-10-27-28(16-23)46-21-45-27)18-26(38)25(15-22-7-5-4-6-8-22)36-32(40)47-29-19-44-31-24(29)11-14-43-31/h4-10,16,24-26,29,31,34,38H,11-15,17-21H2,1-3H3,(H,35,39)(H,36,40)/t24-,25-,26+,29-,31+/m0/s1. The number of fused-ring (bicyclic) bond motifs is 2. The quantitative estimate of drug-likeness (QED) is 0.202. The number of carbonyl (C=O) groups excluding carboxylic acids is 2. The number of carbonyl (C=O) groups is 2. The van der Waals surface area contributed by atoms with Crippen molar-refractivity contribution < 1.29 is 46.8 Å². The fourth-order valence-corrected chi connectivity index (χ4v) is 7.77. The van der Waals surface area contributed by atoms with Crippen LogP contribution in [-0.2, 0) is 35.4 Å². The van der Waals surface area contributed by atoms with Gasteiger partial charge < -0.3 is 44.7 Å². The predicted octanol–water partition coefficient (Wildman–Crippen LogP) is 1.62. The second kappa shape index (κ2) is 15.8. The molecule has 3 heterocycles. The third-order valence-corrected chi connectivity index (χ3v) is 10.6. The van der Waals surface area contributed by atoms with Gasteiger partial charge in [-0.1, -0.05) is 44.2 Å². The number of nitrogens with zero attached hydrogens (tertiary/aromatic N) is 1. The number of aliphatic hydroxyl groups is 1. The third-order valence-electron chi connectivity index (χ3n) is 8.75. The summed E-state index contributed by atoms with van der Waals surface area (Å²) in [5, 5.41) is 20.2. The Morgan fingerprint density at radius 1 is 1.10 bits per heavy atom. The van der Waals surface area contributed by atoms with E-state index in [-0.39, 0.29) is 56.2 Å². The van der Waals surface area contributed by atoms with Crippen molar-refractivity contribution in [3.05, 3.63) is 54.1 Å². The number of aliphatic hydroxyl groups excluding tert-OH is 1. The Kier molecular flexibility index (Phi) is 11.8. The lowest BCUT2D eigenvalue weighted by Crippen LogP contribution is -2.52. The van der Waals surface area contributed by atoms with E-state index < -0.39 is 46.1 Å². The Hall–Kier alpha value is -3.47. The largest absolute Gasteiger partial charge is 0.454 e. The van der Waals surface area contributed by atoms with E-state index in [4.69, 9.17) is 23.7 Å². The van der Waals surface area contributed by atoms with E-state index in [2.05, 4.69) is 16.0 Å². The van der Waals surface area contributed by atoms with Crippen LogP contribution in [-0.4, -0.2) is 108 Å². The lowest BCUT2D eigenvalue weighted by atomic mass is 9.89. The smallest absolute Gasteiger partial charge is 0.407 e. The van der Waals surface area contributed by atoms with Gasteiger partial charge in [0.25, 0.3) is 0 Å². The van der Waals surface area contributed by atoms with Crippen molar-refractivity contribution in [3.63, 3.8) is 0 Å². The molecule has 2 saturated heterocycles. The minimum Gasteiger partial charge on any atom is -0.454 e. The third kappa shape index (κ3) is 9.15. The Labute approximate surface area is 281 Å². The molecule has 0 saturated carbocycles. The second-order valence-corrected chi connectivity index (χ2v) is 15.0. The van der Waals surface area contributed by atoms with Gasteiger partial charge in [-0.05, 0) is 49.4 Å². The molecule has 14 nitrogen and oxygen atoms in total. The Bertz CT molecular complexity index is 1510. The number of sulfonamides is 1. The van der Waals surface area contributed by atoms with E-state index in [0.717, 1.165) is 5.56 Å². The van der Waals surface area contributed by atoms with E-state index >= 15 is 0 Å². The highest BCUT2D eigenvalue weighted by Gasteiger charge is 2.44. The molecule has 3 aliphatic rings. The van der Waals surface area contributed by atoms with Crippen molar-refractivity contribution in [2.45, 2.75) is 62.5 Å². The number of alkyl carbamates (subject to hydrolysis) is 1. The summed E-state index contributed by atoms with van der Waals surface area (Å²) >= 11 is 0. The first-order valence-electron chi connectivity index (χ1n) is 16.2. The summed E-state index contributed by atoms with van der Waals surface area (Å²) in [6.07, 6.45) is -1.59. The first-order valence-corrected chi connectivity index (χ1v) is 17.6. The molecule has 2 amide bonds. The summed E-state index contributed by atoms with van der Waals surface area (Å²) in [5.41, 5.74) is 0.206. The summed E-state index contributed by atoms with van der Waals surface area (Å²) < 4.78 is 57.4. The molecule has 48 heavy (non-hydrogen) atoms. The van der Waals surface area contributed by atoms with Crippen LogP contribution in [0.2, 0.25) is 0 Å². The number of amides is 2. The average Bonchev–Trinajstić information content (AvgIpc) is 3.79. The molecule has 0 unspecified atom stereocenters. The van der Waals surface area contributed by atoms with Gasteiger partial charge >= 0.3 is 6.09 Å². The molecule has 5 atom stereocenters. The number of nitrogens with one attached hydrogen (secondary N) is 3. The Morgan fingerprint density at radius 3 is 2.65 bits per heavy atom. The molecule has 264 valence electrons. The van der Waals surface area contributed by atoms with Gasteiger partial charge in [-0.15, -0.1) is 0 Å². The maximum absolute atomic E-state index is 14.3.